The van der Waals surface area contributed by atoms with Crippen molar-refractivity contribution in [1.29, 1.82) is 0 Å². The largest absolute Gasteiger partial charge is 0.481 e. The van der Waals surface area contributed by atoms with Gasteiger partial charge in [0.25, 0.3) is 0 Å². The summed E-state index contributed by atoms with van der Waals surface area (Å²) in [4.78, 5) is 123. The lowest BCUT2D eigenvalue weighted by Gasteiger charge is -2.49. The molecule has 0 bridgehead atoms. The standard InChI is InChI=1S/C37H71N3O10.C28H48N2O8.C6H12O2.5CH5N.2CH4/c1-16-34(7,22-32(3,4)28(43)44)30(46)50-21-27(42)20-48-29(45)33(5,6)23-37(10,40(14)15)25-35(8,24-36(9,17-2)39(12)13)31(47)49-19-26(41)18-38-11;1-11-26(4,21(31)29(7)8)17-28(6,24(34)38-15-20-13-36-20)18-27(5,22(32)30(9)10)16-25(2,3)23(33)37-14-19-12-35-19;1-4-6(2,3)5(7)8;5*1-2;;/h26-27,38,41-42H,16-25H2,1-15H3,(H,43,44);19-20H,11-18H2,1-10H3;4H2,1-3H3,(H,7,8);5*2H2,1H3;2*1H4. The zero-order chi connectivity index (χ0) is 85.4. The summed E-state index contributed by atoms with van der Waals surface area (Å²) >= 11 is 0. The molecule has 0 aromatic carbocycles. The van der Waals surface area contributed by atoms with E-state index in [1.807, 2.05) is 67.7 Å². The number of ether oxygens (including phenoxy) is 7. The molecule has 0 aliphatic carbocycles. The summed E-state index contributed by atoms with van der Waals surface area (Å²) in [5, 5.41) is 41.7. The fourth-order valence-electron chi connectivity index (χ4n) is 12.5. The van der Waals surface area contributed by atoms with Crippen LogP contribution < -0.4 is 34.0 Å². The van der Waals surface area contributed by atoms with Crippen molar-refractivity contribution < 1.29 is 96.7 Å². The highest BCUT2D eigenvalue weighted by atomic mass is 16.6. The second kappa shape index (κ2) is 53.6. The number of aliphatic hydroxyl groups is 2. The third-order valence-electron chi connectivity index (χ3n) is 19.8. The van der Waals surface area contributed by atoms with Crippen LogP contribution in [0, 0.1) is 48.7 Å². The van der Waals surface area contributed by atoms with Gasteiger partial charge in [-0.25, -0.2) is 0 Å². The molecule has 2 heterocycles. The van der Waals surface area contributed by atoms with Crippen LogP contribution in [0.5, 0.6) is 0 Å². The fourth-order valence-corrected chi connectivity index (χ4v) is 12.5. The Morgan fingerprint density at radius 3 is 1.01 bits per heavy atom. The maximum absolute atomic E-state index is 13.9. The number of epoxide rings is 2. The van der Waals surface area contributed by atoms with Gasteiger partial charge in [-0.3, -0.25) is 43.2 Å². The van der Waals surface area contributed by atoms with Crippen molar-refractivity contribution in [2.45, 2.75) is 253 Å². The Morgan fingerprint density at radius 2 is 0.685 bits per heavy atom. The minimum atomic E-state index is -1.29. The molecule has 646 valence electrons. The lowest BCUT2D eigenvalue weighted by atomic mass is 9.61. The molecule has 2 aliphatic rings. The van der Waals surface area contributed by atoms with Gasteiger partial charge in [-0.05, 0) is 231 Å². The highest BCUT2D eigenvalue weighted by Crippen LogP contribution is 2.51. The van der Waals surface area contributed by atoms with Crippen molar-refractivity contribution in [2.24, 2.45) is 77.4 Å². The molecule has 2 saturated heterocycles. The van der Waals surface area contributed by atoms with E-state index in [2.05, 4.69) is 52.7 Å². The number of hydrogen-bond donors (Lipinski definition) is 10. The third-order valence-corrected chi connectivity index (χ3v) is 19.8. The molecular weight excluding hydrogens is 1400 g/mol. The van der Waals surface area contributed by atoms with E-state index < -0.39 is 121 Å². The van der Waals surface area contributed by atoms with Gasteiger partial charge in [-0.15, -0.1) is 0 Å². The molecule has 0 aromatic heterocycles. The predicted molar refractivity (Wildman–Crippen MR) is 430 cm³/mol. The first kappa shape index (κ1) is 118. The Morgan fingerprint density at radius 1 is 0.389 bits per heavy atom. The number of rotatable bonds is 41. The average molecular weight is 1560 g/mol. The quantitative estimate of drug-likeness (QED) is 0.0166. The topological polar surface area (TPSA) is 461 Å². The summed E-state index contributed by atoms with van der Waals surface area (Å²) in [6.45, 7) is 34.9. The van der Waals surface area contributed by atoms with Crippen LogP contribution in [0.2, 0.25) is 0 Å². The van der Waals surface area contributed by atoms with Gasteiger partial charge in [0.05, 0.1) is 51.1 Å². The Balaban J connectivity index is -0.000000253. The number of carbonyl (C=O) groups is 9. The van der Waals surface area contributed by atoms with E-state index >= 15 is 0 Å². The maximum atomic E-state index is 13.9. The van der Waals surface area contributed by atoms with E-state index in [0.717, 1.165) is 6.42 Å². The Hall–Kier alpha value is -5.25. The zero-order valence-corrected chi connectivity index (χ0v) is 72.2. The van der Waals surface area contributed by atoms with Crippen LogP contribution in [0.3, 0.4) is 0 Å². The molecule has 0 spiro atoms. The van der Waals surface area contributed by atoms with E-state index in [9.17, 15) is 58.5 Å². The highest BCUT2D eigenvalue weighted by molar-refractivity contribution is 5.87. The number of nitrogens with two attached hydrogens (primary N) is 5. The van der Waals surface area contributed by atoms with Crippen LogP contribution in [0.25, 0.3) is 0 Å². The molecule has 2 rings (SSSR count). The summed E-state index contributed by atoms with van der Waals surface area (Å²) in [5.41, 5.74) is 12.4. The minimum Gasteiger partial charge on any atom is -0.481 e. The van der Waals surface area contributed by atoms with Crippen LogP contribution in [0.1, 0.15) is 217 Å². The molecule has 2 aliphatic heterocycles. The summed E-state index contributed by atoms with van der Waals surface area (Å²) in [6.07, 6.45) is 1.51. The Kier molecular flexibility index (Phi) is 58.9. The van der Waals surface area contributed by atoms with Gasteiger partial charge in [0.15, 0.2) is 0 Å². The zero-order valence-electron chi connectivity index (χ0n) is 72.2. The number of nitrogens with zero attached hydrogens (tertiary/aromatic N) is 4. The number of aliphatic carboxylic acids is 2. The lowest BCUT2D eigenvalue weighted by Crippen LogP contribution is -2.54. The molecule has 0 saturated carbocycles. The molecule has 2 fully saturated rings. The van der Waals surface area contributed by atoms with Crippen molar-refractivity contribution in [3.63, 3.8) is 0 Å². The number of aliphatic hydroxyl groups excluding tert-OH is 2. The maximum Gasteiger partial charge on any atom is 0.312 e. The van der Waals surface area contributed by atoms with E-state index in [1.54, 1.807) is 118 Å². The van der Waals surface area contributed by atoms with Crippen molar-refractivity contribution in [1.82, 2.24) is 24.9 Å². The van der Waals surface area contributed by atoms with Crippen LogP contribution in [-0.2, 0) is 76.3 Å². The summed E-state index contributed by atoms with van der Waals surface area (Å²) < 4.78 is 38.1. The third kappa shape index (κ3) is 40.8. The normalized spacial score (nSPS) is 17.9. The second-order valence-corrected chi connectivity index (χ2v) is 32.6. The summed E-state index contributed by atoms with van der Waals surface area (Å²) in [7, 11) is 23.7. The van der Waals surface area contributed by atoms with Crippen molar-refractivity contribution in [3.05, 3.63) is 0 Å². The summed E-state index contributed by atoms with van der Waals surface area (Å²) in [6, 6.07) is 0. The Bertz CT molecular complexity index is 2590. The van der Waals surface area contributed by atoms with Crippen molar-refractivity contribution in [2.75, 3.05) is 151 Å². The molecule has 11 atom stereocenters. The van der Waals surface area contributed by atoms with Crippen molar-refractivity contribution in [3.8, 4) is 0 Å². The SMILES string of the molecule is C.C.CCC(C)(C)C(=O)O.CCC(C)(CC(C)(C)C(=O)O)C(=O)OCC(O)COC(=O)C(C)(C)CC(C)(CC(C)(CC(C)(CC)N(C)C)C(=O)OCC(O)CNC)N(C)C.CCC(C)(CC(C)(CC(C)(CC(C)(C)C(=O)OCC1CO1)C(=O)N(C)C)C(=O)OCC1CO1)C(=O)N(C)C.CN.CN.CN.CN.CN. The smallest absolute Gasteiger partial charge is 0.312 e. The lowest BCUT2D eigenvalue weighted by molar-refractivity contribution is -0.168. The monoisotopic (exact) mass is 1560 g/mol. The highest BCUT2D eigenvalue weighted by Gasteiger charge is 2.55. The number of carboxylic acids is 2. The van der Waals surface area contributed by atoms with E-state index in [4.69, 9.17) is 38.3 Å². The molecule has 30 nitrogen and oxygen atoms in total. The molecular formula is C78H164N10O20. The number of carboxylic acid groups (broad SMARTS) is 2. The number of nitrogens with one attached hydrogen (secondary N) is 1. The predicted octanol–water partition coefficient (Wildman–Crippen LogP) is 7.05. The minimum absolute atomic E-state index is 0. The number of esters is 5. The van der Waals surface area contributed by atoms with Gasteiger partial charge in [0.1, 0.15) is 57.5 Å². The van der Waals surface area contributed by atoms with Gasteiger partial charge in [0, 0.05) is 56.6 Å². The average Bonchev–Trinajstić information content (AvgIpc) is 1.47. The first-order valence-electron chi connectivity index (χ1n) is 36.7. The van der Waals surface area contributed by atoms with E-state index in [0.29, 0.717) is 51.7 Å². The number of likely N-dealkylation sites (N-methyl/N-ethyl adjacent to an activating group) is 1. The first-order chi connectivity index (χ1) is 48.5. The van der Waals surface area contributed by atoms with Crippen molar-refractivity contribution >= 4 is 53.6 Å². The van der Waals surface area contributed by atoms with Crippen LogP contribution >= 0.6 is 0 Å². The summed E-state index contributed by atoms with van der Waals surface area (Å²) in [5.74, 6) is -4.60. The van der Waals surface area contributed by atoms with Crippen LogP contribution in [0.15, 0.2) is 0 Å². The van der Waals surface area contributed by atoms with Crippen LogP contribution in [-0.4, -0.2) is 281 Å². The van der Waals surface area contributed by atoms with E-state index in [-0.39, 0.29) is 96.5 Å². The first-order valence-corrected chi connectivity index (χ1v) is 36.7. The van der Waals surface area contributed by atoms with Gasteiger partial charge in [0.2, 0.25) is 11.8 Å². The molecule has 11 unspecified atom stereocenters. The number of hydrogen-bond acceptors (Lipinski definition) is 26. The van der Waals surface area contributed by atoms with Gasteiger partial charge < -0.3 is 107 Å². The Labute approximate surface area is 654 Å². The molecule has 108 heavy (non-hydrogen) atoms. The van der Waals surface area contributed by atoms with Crippen LogP contribution in [0.4, 0.5) is 0 Å². The van der Waals surface area contributed by atoms with Gasteiger partial charge in [-0.1, -0.05) is 56.4 Å². The second-order valence-electron chi connectivity index (χ2n) is 32.6. The molecule has 0 aromatic rings. The van der Waals surface area contributed by atoms with Gasteiger partial charge in [-0.2, -0.15) is 0 Å². The molecule has 0 radical (unpaired) electrons. The number of amides is 2. The fraction of sp³-hybridized carbons (Fsp3) is 0.885. The molecule has 15 N–H and O–H groups in total. The van der Waals surface area contributed by atoms with Gasteiger partial charge >= 0.3 is 41.8 Å². The molecule has 30 heteroatoms. The van der Waals surface area contributed by atoms with E-state index in [1.165, 1.54) is 45.0 Å². The number of carbonyl (C=O) groups excluding carboxylic acids is 7. The molecule has 2 amide bonds.